The van der Waals surface area contributed by atoms with E-state index in [9.17, 15) is 39.6 Å². The molecule has 0 fully saturated rings. The molecule has 11 nitrogen and oxygen atoms in total. The van der Waals surface area contributed by atoms with Gasteiger partial charge in [-0.15, -0.1) is 0 Å². The molecule has 0 aliphatic carbocycles. The number of rotatable bonds is 15. The van der Waals surface area contributed by atoms with Crippen LogP contribution in [0.4, 0.5) is 13.2 Å². The van der Waals surface area contributed by atoms with Gasteiger partial charge in [0, 0.05) is 12.0 Å². The Bertz CT molecular complexity index is 1300. The fourth-order valence-electron chi connectivity index (χ4n) is 4.11. The van der Waals surface area contributed by atoms with Crippen molar-refractivity contribution in [3.8, 4) is 0 Å². The van der Waals surface area contributed by atoms with Crippen molar-refractivity contribution in [3.63, 3.8) is 0 Å². The van der Waals surface area contributed by atoms with Crippen LogP contribution in [0.3, 0.4) is 0 Å². The zero-order chi connectivity index (χ0) is 32.1. The predicted molar refractivity (Wildman–Crippen MR) is 165 cm³/mol. The van der Waals surface area contributed by atoms with Gasteiger partial charge in [0.25, 0.3) is 5.97 Å². The van der Waals surface area contributed by atoms with Crippen molar-refractivity contribution in [2.75, 3.05) is 20.3 Å². The number of alkyl halides is 3. The Kier molecular flexibility index (Phi) is 21.0. The Morgan fingerprint density at radius 3 is 1.87 bits per heavy atom. The van der Waals surface area contributed by atoms with Crippen molar-refractivity contribution in [3.05, 3.63) is 34.0 Å². The molecule has 0 aliphatic heterocycles. The first-order valence-electron chi connectivity index (χ1n) is 12.5. The molecule has 45 heavy (non-hydrogen) atoms. The summed E-state index contributed by atoms with van der Waals surface area (Å²) in [7, 11) is -12.8. The van der Waals surface area contributed by atoms with E-state index in [0.717, 1.165) is 12.1 Å². The maximum Gasteiger partial charge on any atom is 1.00 e. The zero-order valence-electron chi connectivity index (χ0n) is 24.9. The third-order valence-electron chi connectivity index (χ3n) is 6.69. The summed E-state index contributed by atoms with van der Waals surface area (Å²) in [5.74, 6) is -1.74. The van der Waals surface area contributed by atoms with Crippen LogP contribution in [0.25, 0.3) is 4.13 Å². The molecule has 0 heterocycles. The van der Waals surface area contributed by atoms with Gasteiger partial charge in [-0.2, -0.15) is 13.2 Å². The number of aliphatic hydroxyl groups excluding tert-OH is 1. The second-order valence-corrected chi connectivity index (χ2v) is 17.5. The Balaban J connectivity index is -0.00000210. The second kappa shape index (κ2) is 18.8. The molecule has 0 bridgehead atoms. The largest absolute Gasteiger partial charge is 1.00 e. The number of carbonyl (C=O) groups is 2. The SMILES string of the molecule is C.C.C.CCC(C)(CC(C)(CC(C)c1ccc(S(=O)(=O)[N-]S(=O)(=O)C(F)(F)F)cc1)C(=O)OCCO)C(=O)O[Si](C)(C)OC.[Li+]. The number of carbonyl (C=O) groups excluding carboxylic acids is 2. The average Bonchev–Trinajstić information content (AvgIpc) is 2.85. The average molecular weight is 704 g/mol. The van der Waals surface area contributed by atoms with Gasteiger partial charge >= 0.3 is 38.9 Å². The molecule has 1 N–H and O–H groups in total. The summed E-state index contributed by atoms with van der Waals surface area (Å²) in [6, 6.07) is 4.32. The van der Waals surface area contributed by atoms with Gasteiger partial charge in [-0.3, -0.25) is 9.59 Å². The zero-order valence-corrected chi connectivity index (χ0v) is 27.6. The number of sulfonamides is 2. The van der Waals surface area contributed by atoms with Gasteiger partial charge in [-0.05, 0) is 69.8 Å². The van der Waals surface area contributed by atoms with Crippen molar-refractivity contribution in [1.82, 2.24) is 0 Å². The van der Waals surface area contributed by atoms with Crippen molar-refractivity contribution in [2.45, 2.75) is 98.7 Å². The van der Waals surface area contributed by atoms with Crippen LogP contribution in [0.1, 0.15) is 80.7 Å². The fraction of sp³-hybridized carbons (Fsp3) is 0.704. The molecule has 0 radical (unpaired) electrons. The normalized spacial score (nSPS) is 15.3. The maximum atomic E-state index is 13.2. The molecular weight excluding hydrogens is 654 g/mol. The minimum Gasteiger partial charge on any atom is -0.494 e. The molecule has 1 aromatic rings. The number of ether oxygens (including phenoxy) is 1. The van der Waals surface area contributed by atoms with Crippen molar-refractivity contribution >= 4 is 40.5 Å². The van der Waals surface area contributed by atoms with Gasteiger partial charge in [-0.25, -0.2) is 16.8 Å². The number of halogens is 3. The number of hydrogen-bond acceptors (Lipinski definition) is 10. The van der Waals surface area contributed by atoms with E-state index in [2.05, 4.69) is 4.13 Å². The first kappa shape index (κ1) is 50.4. The Morgan fingerprint density at radius 2 is 1.47 bits per heavy atom. The van der Waals surface area contributed by atoms with Gasteiger partial charge in [0.1, 0.15) is 16.6 Å². The maximum absolute atomic E-state index is 13.2. The minimum atomic E-state index is -6.29. The minimum absolute atomic E-state index is 0. The number of aliphatic hydroxyl groups is 1. The molecule has 260 valence electrons. The molecule has 0 saturated carbocycles. The first-order valence-corrected chi connectivity index (χ1v) is 18.2. The molecule has 0 amide bonds. The first-order chi connectivity index (χ1) is 18.5. The van der Waals surface area contributed by atoms with Crippen LogP contribution in [-0.4, -0.2) is 68.3 Å². The molecule has 0 spiro atoms. The van der Waals surface area contributed by atoms with Crippen molar-refractivity contribution < 1.29 is 77.2 Å². The summed E-state index contributed by atoms with van der Waals surface area (Å²) in [4.78, 5) is 25.6. The third kappa shape index (κ3) is 13.7. The molecular formula is C27H49F3LiNO10S2Si. The summed E-state index contributed by atoms with van der Waals surface area (Å²) in [6.07, 6.45) is 0.358. The van der Waals surface area contributed by atoms with E-state index in [-0.39, 0.29) is 60.6 Å². The molecule has 0 saturated heterocycles. The van der Waals surface area contributed by atoms with Crippen molar-refractivity contribution in [1.29, 1.82) is 0 Å². The van der Waals surface area contributed by atoms with Crippen LogP contribution in [0.2, 0.25) is 13.1 Å². The molecule has 0 aliphatic rings. The number of hydrogen-bond donors (Lipinski definition) is 1. The third-order valence-corrected chi connectivity index (χ3v) is 11.4. The molecule has 18 heteroatoms. The van der Waals surface area contributed by atoms with Crippen LogP contribution >= 0.6 is 0 Å². The molecule has 3 atom stereocenters. The Morgan fingerprint density at radius 1 is 0.978 bits per heavy atom. The van der Waals surface area contributed by atoms with E-state index in [1.54, 1.807) is 40.8 Å². The van der Waals surface area contributed by atoms with Crippen LogP contribution in [0.5, 0.6) is 0 Å². The van der Waals surface area contributed by atoms with Gasteiger partial charge in [0.05, 0.1) is 17.4 Å². The number of esters is 1. The molecule has 1 rings (SSSR count). The van der Waals surface area contributed by atoms with Crippen LogP contribution in [0, 0.1) is 10.8 Å². The van der Waals surface area contributed by atoms with Crippen LogP contribution in [0.15, 0.2) is 29.2 Å². The van der Waals surface area contributed by atoms with E-state index in [1.165, 1.54) is 19.2 Å². The van der Waals surface area contributed by atoms with E-state index in [4.69, 9.17) is 18.7 Å². The molecule has 1 aromatic carbocycles. The standard InChI is InChI=1S/C24H37F3NO10S2Si.3CH4.Li/c1-8-22(3,21(31)38-41(6,7)36-5)16-23(4,20(30)37-14-13-29)15-17(2)18-9-11-19(12-10-18)39(32,33)28-40(34,35)24(25,26)27;;;;/h9-12,17,29H,8,13-16H2,1-7H3;3*1H4;/q-1;;;;+1. The predicted octanol–water partition coefficient (Wildman–Crippen LogP) is 3.24. The van der Waals surface area contributed by atoms with Gasteiger partial charge in [0.15, 0.2) is 10.0 Å². The smallest absolute Gasteiger partial charge is 0.494 e. The van der Waals surface area contributed by atoms with E-state index in [0.29, 0.717) is 12.0 Å². The van der Waals surface area contributed by atoms with E-state index >= 15 is 0 Å². The second-order valence-electron chi connectivity index (χ2n) is 10.6. The number of benzene rings is 1. The number of nitrogens with zero attached hydrogens (tertiary/aromatic N) is 1. The molecule has 0 aromatic heterocycles. The summed E-state index contributed by atoms with van der Waals surface area (Å²) < 4.78 is 103. The van der Waals surface area contributed by atoms with Crippen LogP contribution < -0.4 is 18.9 Å². The van der Waals surface area contributed by atoms with Crippen LogP contribution in [-0.2, 0) is 43.2 Å². The topological polar surface area (TPSA) is 164 Å². The summed E-state index contributed by atoms with van der Waals surface area (Å²) in [5.41, 5.74) is -7.88. The summed E-state index contributed by atoms with van der Waals surface area (Å²) >= 11 is 0. The van der Waals surface area contributed by atoms with Gasteiger partial charge < -0.3 is 22.8 Å². The summed E-state index contributed by atoms with van der Waals surface area (Å²) in [5, 5.41) is 9.15. The molecule has 3 unspecified atom stereocenters. The quantitative estimate of drug-likeness (QED) is 0.212. The summed E-state index contributed by atoms with van der Waals surface area (Å²) in [6.45, 7) is 9.36. The monoisotopic (exact) mass is 703 g/mol. The van der Waals surface area contributed by atoms with E-state index < -0.39 is 74.3 Å². The van der Waals surface area contributed by atoms with Gasteiger partial charge in [0.2, 0.25) is 0 Å². The van der Waals surface area contributed by atoms with Crippen molar-refractivity contribution in [2.24, 2.45) is 10.8 Å². The van der Waals surface area contributed by atoms with Gasteiger partial charge in [-0.1, -0.05) is 48.3 Å². The fourth-order valence-corrected chi connectivity index (χ4v) is 7.08. The van der Waals surface area contributed by atoms with E-state index in [1.807, 2.05) is 0 Å². The Hall–Kier alpha value is -1.46. The Labute approximate surface area is 280 Å².